The molecule has 0 spiro atoms. The van der Waals surface area contributed by atoms with Crippen molar-refractivity contribution in [1.29, 1.82) is 0 Å². The minimum Gasteiger partial charge on any atom is -0.493 e. The number of halogens is 3. The van der Waals surface area contributed by atoms with E-state index < -0.39 is 18.0 Å². The Balaban J connectivity index is 1.72. The molecular weight excluding hydrogens is 380 g/mol. The quantitative estimate of drug-likeness (QED) is 0.760. The molecule has 140 valence electrons. The van der Waals surface area contributed by atoms with Gasteiger partial charge in [0.1, 0.15) is 17.7 Å². The van der Waals surface area contributed by atoms with Crippen LogP contribution in [0.15, 0.2) is 36.4 Å². The first-order valence-electron chi connectivity index (χ1n) is 8.18. The van der Waals surface area contributed by atoms with E-state index in [1.165, 1.54) is 12.1 Å². The fourth-order valence-electron chi connectivity index (χ4n) is 2.72. The zero-order chi connectivity index (χ0) is 18.9. The van der Waals surface area contributed by atoms with E-state index in [0.29, 0.717) is 41.2 Å². The van der Waals surface area contributed by atoms with Gasteiger partial charge in [0.25, 0.3) is 0 Å². The molecule has 26 heavy (non-hydrogen) atoms. The highest BCUT2D eigenvalue weighted by atomic mass is 35.5. The molecule has 0 radical (unpaired) electrons. The molecule has 0 amide bonds. The highest BCUT2D eigenvalue weighted by molar-refractivity contribution is 6.42. The molecule has 0 saturated carbocycles. The van der Waals surface area contributed by atoms with Crippen molar-refractivity contribution in [1.82, 2.24) is 0 Å². The van der Waals surface area contributed by atoms with Gasteiger partial charge in [0.2, 0.25) is 0 Å². The summed E-state index contributed by atoms with van der Waals surface area (Å²) >= 11 is 11.9. The first kappa shape index (κ1) is 19.4. The van der Waals surface area contributed by atoms with Crippen LogP contribution in [0.3, 0.4) is 0 Å². The van der Waals surface area contributed by atoms with Gasteiger partial charge in [-0.25, -0.2) is 4.39 Å². The molecule has 2 aromatic carbocycles. The zero-order valence-corrected chi connectivity index (χ0v) is 15.7. The first-order valence-corrected chi connectivity index (χ1v) is 8.93. The maximum Gasteiger partial charge on any atom is 0.132 e. The van der Waals surface area contributed by atoms with Gasteiger partial charge >= 0.3 is 0 Å². The van der Waals surface area contributed by atoms with Crippen LogP contribution >= 0.6 is 23.2 Å². The third kappa shape index (κ3) is 4.13. The molecule has 3 N–H and O–H groups in total. The van der Waals surface area contributed by atoms with Crippen LogP contribution in [-0.4, -0.2) is 24.9 Å². The van der Waals surface area contributed by atoms with E-state index in [1.807, 2.05) is 6.92 Å². The summed E-state index contributed by atoms with van der Waals surface area (Å²) in [5, 5.41) is 11.2. The Labute approximate surface area is 161 Å². The van der Waals surface area contributed by atoms with Crippen LogP contribution in [0, 0.1) is 11.2 Å². The van der Waals surface area contributed by atoms with E-state index in [4.69, 9.17) is 38.4 Å². The highest BCUT2D eigenvalue weighted by Gasteiger charge is 2.34. The van der Waals surface area contributed by atoms with Gasteiger partial charge in [-0.1, -0.05) is 36.2 Å². The van der Waals surface area contributed by atoms with Gasteiger partial charge in [-0.15, -0.1) is 0 Å². The second-order valence-electron chi connectivity index (χ2n) is 6.92. The molecule has 3 rings (SSSR count). The number of nitrogens with two attached hydrogens (primary N) is 1. The summed E-state index contributed by atoms with van der Waals surface area (Å²) in [4.78, 5) is 0. The van der Waals surface area contributed by atoms with Crippen molar-refractivity contribution in [3.05, 3.63) is 63.4 Å². The number of aliphatic hydroxyl groups excluding tert-OH is 1. The van der Waals surface area contributed by atoms with Crippen molar-refractivity contribution in [3.8, 4) is 5.75 Å². The highest BCUT2D eigenvalue weighted by Crippen LogP contribution is 2.33. The average Bonchev–Trinajstić information content (AvgIpc) is 2.59. The maximum absolute atomic E-state index is 14.5. The molecule has 1 saturated heterocycles. The van der Waals surface area contributed by atoms with Gasteiger partial charge in [-0.3, -0.25) is 0 Å². The van der Waals surface area contributed by atoms with Gasteiger partial charge < -0.3 is 20.3 Å². The van der Waals surface area contributed by atoms with Crippen molar-refractivity contribution in [2.45, 2.75) is 19.1 Å². The predicted octanol–water partition coefficient (Wildman–Crippen LogP) is 4.28. The smallest absolute Gasteiger partial charge is 0.132 e. The topological polar surface area (TPSA) is 64.7 Å². The van der Waals surface area contributed by atoms with Crippen LogP contribution in [-0.2, 0) is 4.74 Å². The largest absolute Gasteiger partial charge is 0.493 e. The normalized spacial score (nSPS) is 18.1. The molecule has 0 unspecified atom stereocenters. The third-order valence-electron chi connectivity index (χ3n) is 4.45. The Hall–Kier alpha value is -1.37. The van der Waals surface area contributed by atoms with Crippen molar-refractivity contribution < 1.29 is 19.0 Å². The Morgan fingerprint density at radius 1 is 1.23 bits per heavy atom. The summed E-state index contributed by atoms with van der Waals surface area (Å²) in [6.45, 7) is 3.74. The molecule has 1 fully saturated rings. The molecule has 0 bridgehead atoms. The fourth-order valence-corrected chi connectivity index (χ4v) is 3.03. The Kier molecular flexibility index (Phi) is 5.75. The van der Waals surface area contributed by atoms with Crippen LogP contribution in [0.5, 0.6) is 5.75 Å². The number of rotatable bonds is 6. The lowest BCUT2D eigenvalue weighted by Crippen LogP contribution is -2.44. The fraction of sp³-hybridized carbons (Fsp3) is 0.368. The SMILES string of the molecule is CC1(COc2ccc([C@@H](O)[C@@H](N)c3ccc(Cl)c(Cl)c3)c(F)c2)COC1. The van der Waals surface area contributed by atoms with E-state index >= 15 is 0 Å². The lowest BCUT2D eigenvalue weighted by atomic mass is 9.90. The maximum atomic E-state index is 14.5. The molecule has 1 aliphatic heterocycles. The second kappa shape index (κ2) is 7.71. The molecule has 1 heterocycles. The molecule has 1 aliphatic rings. The van der Waals surface area contributed by atoms with Crippen LogP contribution < -0.4 is 10.5 Å². The second-order valence-corrected chi connectivity index (χ2v) is 7.73. The van der Waals surface area contributed by atoms with Crippen LogP contribution in [0.1, 0.15) is 30.2 Å². The third-order valence-corrected chi connectivity index (χ3v) is 5.19. The summed E-state index contributed by atoms with van der Waals surface area (Å²) in [7, 11) is 0. The molecule has 0 aromatic heterocycles. The van der Waals surface area contributed by atoms with Gasteiger partial charge in [-0.05, 0) is 29.8 Å². The van der Waals surface area contributed by atoms with Crippen molar-refractivity contribution in [3.63, 3.8) is 0 Å². The lowest BCUT2D eigenvalue weighted by molar-refractivity contribution is -0.120. The Morgan fingerprint density at radius 2 is 1.96 bits per heavy atom. The monoisotopic (exact) mass is 399 g/mol. The van der Waals surface area contributed by atoms with Gasteiger partial charge in [0, 0.05) is 17.0 Å². The lowest BCUT2D eigenvalue weighted by Gasteiger charge is -2.37. The molecule has 7 heteroatoms. The number of hydrogen-bond acceptors (Lipinski definition) is 4. The number of hydrogen-bond donors (Lipinski definition) is 2. The Morgan fingerprint density at radius 3 is 2.54 bits per heavy atom. The van der Waals surface area contributed by atoms with E-state index in [1.54, 1.807) is 24.3 Å². The van der Waals surface area contributed by atoms with E-state index in [0.717, 1.165) is 0 Å². The summed E-state index contributed by atoms with van der Waals surface area (Å²) in [5.41, 5.74) is 6.69. The number of ether oxygens (including phenoxy) is 2. The molecule has 2 aromatic rings. The summed E-state index contributed by atoms with van der Waals surface area (Å²) in [6.07, 6.45) is -1.24. The van der Waals surface area contributed by atoms with Crippen molar-refractivity contribution in [2.24, 2.45) is 11.1 Å². The number of aliphatic hydroxyl groups is 1. The molecular formula is C19H20Cl2FNO3. The Bertz CT molecular complexity index is 798. The van der Waals surface area contributed by atoms with Crippen LogP contribution in [0.4, 0.5) is 4.39 Å². The summed E-state index contributed by atoms with van der Waals surface area (Å²) < 4.78 is 25.3. The minimum atomic E-state index is -1.24. The van der Waals surface area contributed by atoms with E-state index in [2.05, 4.69) is 0 Å². The van der Waals surface area contributed by atoms with E-state index in [9.17, 15) is 9.50 Å². The van der Waals surface area contributed by atoms with Crippen LogP contribution in [0.25, 0.3) is 0 Å². The van der Waals surface area contributed by atoms with Crippen molar-refractivity contribution >= 4 is 23.2 Å². The summed E-state index contributed by atoms with van der Waals surface area (Å²) in [6, 6.07) is 8.30. The van der Waals surface area contributed by atoms with Gasteiger partial charge in [-0.2, -0.15) is 0 Å². The van der Waals surface area contributed by atoms with Crippen LogP contribution in [0.2, 0.25) is 10.0 Å². The van der Waals surface area contributed by atoms with Gasteiger partial charge in [0.15, 0.2) is 0 Å². The average molecular weight is 400 g/mol. The molecule has 2 atom stereocenters. The van der Waals surface area contributed by atoms with Crippen molar-refractivity contribution in [2.75, 3.05) is 19.8 Å². The molecule has 0 aliphatic carbocycles. The number of benzene rings is 2. The predicted molar refractivity (Wildman–Crippen MR) is 99.2 cm³/mol. The first-order chi connectivity index (χ1) is 12.3. The summed E-state index contributed by atoms with van der Waals surface area (Å²) in [5.74, 6) is -0.185. The zero-order valence-electron chi connectivity index (χ0n) is 14.2. The molecule has 4 nitrogen and oxygen atoms in total. The van der Waals surface area contributed by atoms with E-state index in [-0.39, 0.29) is 11.0 Å². The minimum absolute atomic E-state index is 0.0368. The van der Waals surface area contributed by atoms with Gasteiger partial charge in [0.05, 0.1) is 35.9 Å². The standard InChI is InChI=1S/C19H20Cl2FNO3/c1-19(8-25-9-19)10-26-12-3-4-13(16(22)7-12)18(24)17(23)11-2-5-14(20)15(21)6-11/h2-7,17-18,24H,8-10,23H2,1H3/t17-,18+/m0/s1.